The summed E-state index contributed by atoms with van der Waals surface area (Å²) < 4.78 is 80.6. The normalized spacial score (nSPS) is 16.1. The van der Waals surface area contributed by atoms with Gasteiger partial charge in [0.15, 0.2) is 5.13 Å². The summed E-state index contributed by atoms with van der Waals surface area (Å²) >= 11 is 1.17. The molecule has 7 nitrogen and oxygen atoms in total. The summed E-state index contributed by atoms with van der Waals surface area (Å²) in [5, 5.41) is 4.52. The fourth-order valence-corrected chi connectivity index (χ4v) is 5.19. The Morgan fingerprint density at radius 2 is 1.64 bits per heavy atom. The SMILES string of the molecule is CC(=O)Nc1nc(C=CC(=O)N2CCN(C(=O)c3cc(C(F)(F)F)cc(C(F)(F)F)c3)[C@H](Cc3ccccc3)C2)cs1. The van der Waals surface area contributed by atoms with E-state index in [0.29, 0.717) is 23.0 Å². The second-order valence-electron chi connectivity index (χ2n) is 9.51. The van der Waals surface area contributed by atoms with Crippen LogP contribution in [0.25, 0.3) is 6.08 Å². The number of piperazine rings is 1. The van der Waals surface area contributed by atoms with Crippen LogP contribution < -0.4 is 5.32 Å². The molecule has 1 aliphatic heterocycles. The monoisotopic (exact) mass is 610 g/mol. The summed E-state index contributed by atoms with van der Waals surface area (Å²) in [6, 6.07) is 8.88. The number of rotatable bonds is 6. The van der Waals surface area contributed by atoms with Crippen LogP contribution in [0.15, 0.2) is 60.0 Å². The Labute approximate surface area is 240 Å². The molecule has 2 heterocycles. The van der Waals surface area contributed by atoms with Crippen LogP contribution >= 0.6 is 11.3 Å². The van der Waals surface area contributed by atoms with Gasteiger partial charge in [-0.1, -0.05) is 30.3 Å². The average molecular weight is 611 g/mol. The van der Waals surface area contributed by atoms with Gasteiger partial charge in [0.25, 0.3) is 5.91 Å². The summed E-state index contributed by atoms with van der Waals surface area (Å²) in [5.74, 6) is -1.72. The van der Waals surface area contributed by atoms with Crippen LogP contribution in [0.2, 0.25) is 0 Å². The highest BCUT2D eigenvalue weighted by molar-refractivity contribution is 7.14. The first-order valence-corrected chi connectivity index (χ1v) is 13.4. The Balaban J connectivity index is 1.59. The topological polar surface area (TPSA) is 82.6 Å². The Bertz CT molecular complexity index is 1450. The van der Waals surface area contributed by atoms with Crippen LogP contribution in [-0.2, 0) is 28.4 Å². The lowest BCUT2D eigenvalue weighted by Crippen LogP contribution is -2.57. The zero-order valence-corrected chi connectivity index (χ0v) is 22.8. The van der Waals surface area contributed by atoms with Gasteiger partial charge >= 0.3 is 12.4 Å². The molecule has 2 aromatic carbocycles. The molecule has 1 aliphatic rings. The van der Waals surface area contributed by atoms with E-state index in [0.717, 1.165) is 5.56 Å². The van der Waals surface area contributed by atoms with Gasteiger partial charge in [0.05, 0.1) is 22.9 Å². The minimum atomic E-state index is -5.10. The third-order valence-corrected chi connectivity index (χ3v) is 7.18. The molecule has 14 heteroatoms. The second kappa shape index (κ2) is 12.3. The van der Waals surface area contributed by atoms with Crippen molar-refractivity contribution in [2.75, 3.05) is 25.0 Å². The Kier molecular flexibility index (Phi) is 9.04. The first kappa shape index (κ1) is 30.8. The van der Waals surface area contributed by atoms with Gasteiger partial charge in [-0.05, 0) is 36.3 Å². The lowest BCUT2D eigenvalue weighted by atomic mass is 9.99. The van der Waals surface area contributed by atoms with Crippen molar-refractivity contribution in [2.45, 2.75) is 31.7 Å². The van der Waals surface area contributed by atoms with E-state index in [9.17, 15) is 40.7 Å². The Morgan fingerprint density at radius 1 is 1.00 bits per heavy atom. The molecule has 0 spiro atoms. The first-order chi connectivity index (χ1) is 19.7. The zero-order valence-electron chi connectivity index (χ0n) is 22.0. The Hall–Kier alpha value is -4.20. The predicted molar refractivity (Wildman–Crippen MR) is 143 cm³/mol. The number of carbonyl (C=O) groups excluding carboxylic acids is 3. The summed E-state index contributed by atoms with van der Waals surface area (Å²) in [6.07, 6.45) is -7.27. The number of alkyl halides is 6. The molecule has 0 unspecified atom stereocenters. The van der Waals surface area contributed by atoms with Crippen molar-refractivity contribution in [1.29, 1.82) is 0 Å². The van der Waals surface area contributed by atoms with Gasteiger partial charge in [-0.25, -0.2) is 4.98 Å². The van der Waals surface area contributed by atoms with E-state index in [1.165, 1.54) is 40.2 Å². The number of anilines is 1. The average Bonchev–Trinajstić information content (AvgIpc) is 3.37. The number of nitrogens with one attached hydrogen (secondary N) is 1. The number of carbonyl (C=O) groups is 3. The molecule has 1 saturated heterocycles. The molecule has 1 N–H and O–H groups in total. The summed E-state index contributed by atoms with van der Waals surface area (Å²) in [6.45, 7) is 1.21. The maximum Gasteiger partial charge on any atom is 0.416 e. The van der Waals surface area contributed by atoms with Crippen LogP contribution in [0, 0.1) is 0 Å². The molecule has 222 valence electrons. The number of hydrogen-bond donors (Lipinski definition) is 1. The maximum absolute atomic E-state index is 13.5. The molecule has 0 bridgehead atoms. The van der Waals surface area contributed by atoms with Crippen molar-refractivity contribution in [3.05, 3.63) is 87.9 Å². The standard InChI is InChI=1S/C28H24F6N4O3S/c1-17(39)35-26-36-22(16-42-26)7-8-24(40)37-9-10-38(23(15-37)11-18-5-3-2-4-6-18)25(41)19-12-20(27(29,30)31)14-21(13-19)28(32,33)34/h2-8,12-14,16,23H,9-11,15H2,1H3,(H,35,36,39)/t23-/m1/s1. The summed E-state index contributed by atoms with van der Waals surface area (Å²) in [4.78, 5) is 44.5. The van der Waals surface area contributed by atoms with Crippen molar-refractivity contribution in [3.8, 4) is 0 Å². The van der Waals surface area contributed by atoms with Crippen molar-refractivity contribution < 1.29 is 40.7 Å². The van der Waals surface area contributed by atoms with E-state index in [4.69, 9.17) is 0 Å². The molecule has 0 radical (unpaired) electrons. The molecule has 0 saturated carbocycles. The molecule has 1 atom stereocenters. The predicted octanol–water partition coefficient (Wildman–Crippen LogP) is 5.75. The molecule has 3 amide bonds. The van der Waals surface area contributed by atoms with E-state index < -0.39 is 46.9 Å². The number of nitrogens with zero attached hydrogens (tertiary/aromatic N) is 3. The molecule has 1 fully saturated rings. The third kappa shape index (κ3) is 7.75. The number of benzene rings is 2. The second-order valence-corrected chi connectivity index (χ2v) is 10.4. The van der Waals surface area contributed by atoms with E-state index in [1.54, 1.807) is 35.7 Å². The van der Waals surface area contributed by atoms with E-state index >= 15 is 0 Å². The highest BCUT2D eigenvalue weighted by atomic mass is 32.1. The minimum absolute atomic E-state index is 0.000496. The van der Waals surface area contributed by atoms with Gasteiger partial charge in [0.1, 0.15) is 0 Å². The van der Waals surface area contributed by atoms with E-state index in [2.05, 4.69) is 10.3 Å². The largest absolute Gasteiger partial charge is 0.416 e. The van der Waals surface area contributed by atoms with Gasteiger partial charge in [-0.15, -0.1) is 11.3 Å². The van der Waals surface area contributed by atoms with Crippen LogP contribution in [0.3, 0.4) is 0 Å². The van der Waals surface area contributed by atoms with Crippen LogP contribution in [0.1, 0.15) is 39.7 Å². The maximum atomic E-state index is 13.5. The van der Waals surface area contributed by atoms with Crippen molar-refractivity contribution in [2.24, 2.45) is 0 Å². The third-order valence-electron chi connectivity index (χ3n) is 6.41. The van der Waals surface area contributed by atoms with Gasteiger partial charge in [-0.2, -0.15) is 26.3 Å². The minimum Gasteiger partial charge on any atom is -0.335 e. The van der Waals surface area contributed by atoms with Crippen molar-refractivity contribution in [1.82, 2.24) is 14.8 Å². The number of hydrogen-bond acceptors (Lipinski definition) is 5. The van der Waals surface area contributed by atoms with Gasteiger partial charge in [-0.3, -0.25) is 14.4 Å². The summed E-state index contributed by atoms with van der Waals surface area (Å²) in [5.41, 5.74) is -2.71. The van der Waals surface area contributed by atoms with Crippen LogP contribution in [0.5, 0.6) is 0 Å². The molecule has 3 aromatic rings. The number of halogens is 6. The molecule has 1 aromatic heterocycles. The van der Waals surface area contributed by atoms with Gasteiger partial charge in [0, 0.05) is 43.6 Å². The Morgan fingerprint density at radius 3 is 2.24 bits per heavy atom. The smallest absolute Gasteiger partial charge is 0.335 e. The fourth-order valence-electron chi connectivity index (χ4n) is 4.46. The molecular formula is C28H24F6N4O3S. The first-order valence-electron chi connectivity index (χ1n) is 12.5. The van der Waals surface area contributed by atoms with Crippen molar-refractivity contribution >= 4 is 40.3 Å². The number of thiazole rings is 1. The number of aromatic nitrogens is 1. The fraction of sp³-hybridized carbons (Fsp3) is 0.286. The molecule has 42 heavy (non-hydrogen) atoms. The zero-order chi connectivity index (χ0) is 30.7. The molecular weight excluding hydrogens is 586 g/mol. The van der Waals surface area contributed by atoms with Crippen molar-refractivity contribution in [3.63, 3.8) is 0 Å². The number of amides is 3. The van der Waals surface area contributed by atoms with E-state index in [1.807, 2.05) is 0 Å². The lowest BCUT2D eigenvalue weighted by Gasteiger charge is -2.41. The molecule has 0 aliphatic carbocycles. The van der Waals surface area contributed by atoms with Crippen LogP contribution in [-0.4, -0.2) is 58.2 Å². The highest BCUT2D eigenvalue weighted by Gasteiger charge is 2.39. The van der Waals surface area contributed by atoms with Gasteiger partial charge < -0.3 is 15.1 Å². The quantitative estimate of drug-likeness (QED) is 0.285. The lowest BCUT2D eigenvalue weighted by molar-refractivity contribution is -0.143. The van der Waals surface area contributed by atoms with Gasteiger partial charge in [0.2, 0.25) is 11.8 Å². The highest BCUT2D eigenvalue weighted by Crippen LogP contribution is 2.37. The summed E-state index contributed by atoms with van der Waals surface area (Å²) in [7, 11) is 0. The van der Waals surface area contributed by atoms with E-state index in [-0.39, 0.29) is 38.0 Å². The van der Waals surface area contributed by atoms with Crippen LogP contribution in [0.4, 0.5) is 31.5 Å². The molecule has 4 rings (SSSR count).